The van der Waals surface area contributed by atoms with Crippen LogP contribution in [0.3, 0.4) is 0 Å². The Kier molecular flexibility index (Phi) is 5.57. The summed E-state index contributed by atoms with van der Waals surface area (Å²) in [5.74, 6) is -0.454. The van der Waals surface area contributed by atoms with E-state index >= 15 is 0 Å². The molecule has 5 nitrogen and oxygen atoms in total. The fourth-order valence-electron chi connectivity index (χ4n) is 3.26. The summed E-state index contributed by atoms with van der Waals surface area (Å²) in [4.78, 5) is 29.6. The summed E-state index contributed by atoms with van der Waals surface area (Å²) in [6, 6.07) is 18.1. The molecule has 0 aliphatic carbocycles. The first-order valence-corrected chi connectivity index (χ1v) is 9.89. The zero-order chi connectivity index (χ0) is 21.3. The van der Waals surface area contributed by atoms with E-state index in [1.807, 2.05) is 42.5 Å². The summed E-state index contributed by atoms with van der Waals surface area (Å²) in [6.07, 6.45) is 1.54. The Labute approximate surface area is 182 Å². The molecule has 0 N–H and O–H groups in total. The molecule has 0 saturated heterocycles. The lowest BCUT2D eigenvalue weighted by Gasteiger charge is -2.14. The van der Waals surface area contributed by atoms with Gasteiger partial charge in [0.25, 0.3) is 5.56 Å². The summed E-state index contributed by atoms with van der Waals surface area (Å²) in [7, 11) is 0. The third kappa shape index (κ3) is 3.95. The minimum Gasteiger partial charge on any atom is -0.459 e. The number of hydrogen-bond donors (Lipinski definition) is 0. The number of ether oxygens (including phenoxy) is 1. The molecule has 0 amide bonds. The van der Waals surface area contributed by atoms with Gasteiger partial charge in [0.05, 0.1) is 16.3 Å². The number of nitrogens with zero attached hydrogens (tertiary/aromatic N) is 2. The van der Waals surface area contributed by atoms with Gasteiger partial charge >= 0.3 is 5.97 Å². The molecule has 2 aromatic heterocycles. The first-order chi connectivity index (χ1) is 14.4. The highest BCUT2D eigenvalue weighted by molar-refractivity contribution is 6.31. The molecule has 2 aromatic carbocycles. The van der Waals surface area contributed by atoms with Crippen LogP contribution in [0.4, 0.5) is 0 Å². The first kappa shape index (κ1) is 20.1. The number of esters is 1. The quantitative estimate of drug-likeness (QED) is 0.400. The van der Waals surface area contributed by atoms with Gasteiger partial charge in [0.1, 0.15) is 12.3 Å². The molecular formula is C23H16Cl2N2O3. The Morgan fingerprint density at radius 3 is 2.37 bits per heavy atom. The lowest BCUT2D eigenvalue weighted by Crippen LogP contribution is -2.21. The second-order valence-corrected chi connectivity index (χ2v) is 7.53. The first-order valence-electron chi connectivity index (χ1n) is 9.13. The molecule has 30 heavy (non-hydrogen) atoms. The van der Waals surface area contributed by atoms with Crippen LogP contribution in [0.15, 0.2) is 71.7 Å². The number of fused-ring (bicyclic) bond motifs is 1. The molecule has 2 heterocycles. The van der Waals surface area contributed by atoms with Crippen LogP contribution in [-0.4, -0.2) is 15.4 Å². The van der Waals surface area contributed by atoms with E-state index in [0.717, 1.165) is 5.56 Å². The van der Waals surface area contributed by atoms with Gasteiger partial charge in [0.2, 0.25) is 0 Å². The fourth-order valence-corrected chi connectivity index (χ4v) is 3.59. The van der Waals surface area contributed by atoms with E-state index in [1.165, 1.54) is 17.5 Å². The number of benzene rings is 2. The third-order valence-corrected chi connectivity index (χ3v) is 5.05. The molecule has 0 spiro atoms. The van der Waals surface area contributed by atoms with E-state index in [-0.39, 0.29) is 12.2 Å². The highest BCUT2D eigenvalue weighted by atomic mass is 35.5. The van der Waals surface area contributed by atoms with Crippen molar-refractivity contribution in [1.82, 2.24) is 9.38 Å². The molecule has 0 unspecified atom stereocenters. The highest BCUT2D eigenvalue weighted by Gasteiger charge is 2.18. The number of hydrogen-bond acceptors (Lipinski definition) is 4. The van der Waals surface area contributed by atoms with Crippen LogP contribution in [0, 0.1) is 0 Å². The van der Waals surface area contributed by atoms with Gasteiger partial charge in [-0.15, -0.1) is 0 Å². The van der Waals surface area contributed by atoms with E-state index < -0.39 is 5.97 Å². The Bertz CT molecular complexity index is 1300. The third-order valence-electron chi connectivity index (χ3n) is 4.60. The maximum Gasteiger partial charge on any atom is 0.303 e. The summed E-state index contributed by atoms with van der Waals surface area (Å²) < 4.78 is 6.61. The largest absolute Gasteiger partial charge is 0.459 e. The Morgan fingerprint density at radius 2 is 1.70 bits per heavy atom. The maximum atomic E-state index is 13.5. The van der Waals surface area contributed by atoms with Crippen molar-refractivity contribution in [2.45, 2.75) is 13.5 Å². The van der Waals surface area contributed by atoms with E-state index in [2.05, 4.69) is 0 Å². The predicted octanol–water partition coefficient (Wildman–Crippen LogP) is 5.40. The summed E-state index contributed by atoms with van der Waals surface area (Å²) in [5.41, 5.74) is 2.99. The van der Waals surface area contributed by atoms with Gasteiger partial charge in [-0.25, -0.2) is 4.98 Å². The number of carbonyl (C=O) groups is 1. The van der Waals surface area contributed by atoms with Crippen molar-refractivity contribution in [1.29, 1.82) is 0 Å². The minimum absolute atomic E-state index is 0.117. The summed E-state index contributed by atoms with van der Waals surface area (Å²) >= 11 is 12.3. The number of rotatable bonds is 4. The molecule has 150 valence electrons. The molecule has 4 rings (SSSR count). The van der Waals surface area contributed by atoms with Crippen LogP contribution in [0.1, 0.15) is 12.6 Å². The van der Waals surface area contributed by atoms with Gasteiger partial charge in [0.15, 0.2) is 0 Å². The summed E-state index contributed by atoms with van der Waals surface area (Å²) in [6.45, 7) is 1.20. The van der Waals surface area contributed by atoms with Gasteiger partial charge in [-0.2, -0.15) is 0 Å². The fraction of sp³-hybridized carbons (Fsp3) is 0.0870. The van der Waals surface area contributed by atoms with Crippen molar-refractivity contribution in [3.63, 3.8) is 0 Å². The molecule has 0 saturated carbocycles. The number of pyridine rings is 1. The van der Waals surface area contributed by atoms with Crippen molar-refractivity contribution in [2.24, 2.45) is 0 Å². The van der Waals surface area contributed by atoms with Gasteiger partial charge < -0.3 is 4.74 Å². The van der Waals surface area contributed by atoms with Crippen molar-refractivity contribution in [3.05, 3.63) is 93.0 Å². The molecule has 0 bridgehead atoms. The van der Waals surface area contributed by atoms with Crippen LogP contribution in [0.2, 0.25) is 10.0 Å². The smallest absolute Gasteiger partial charge is 0.303 e. The number of carbonyl (C=O) groups excluding carboxylic acids is 1. The standard InChI is InChI=1S/C23H16Cl2N2O3/c1-14(28)30-13-20-21(16-5-3-2-4-6-16)23(29)27-12-18(25)11-19(22(27)26-20)15-7-9-17(24)10-8-15/h2-12H,13H2,1H3. The summed E-state index contributed by atoms with van der Waals surface area (Å²) in [5, 5.41) is 0.986. The zero-order valence-corrected chi connectivity index (χ0v) is 17.4. The average molecular weight is 439 g/mol. The van der Waals surface area contributed by atoms with E-state index in [9.17, 15) is 9.59 Å². The topological polar surface area (TPSA) is 60.7 Å². The molecule has 0 aliphatic rings. The van der Waals surface area contributed by atoms with Gasteiger partial charge in [-0.1, -0.05) is 65.7 Å². The van der Waals surface area contributed by atoms with E-state index in [1.54, 1.807) is 18.2 Å². The van der Waals surface area contributed by atoms with Crippen LogP contribution < -0.4 is 5.56 Å². The van der Waals surface area contributed by atoms with Gasteiger partial charge in [0, 0.05) is 23.7 Å². The van der Waals surface area contributed by atoms with Gasteiger partial charge in [-0.3, -0.25) is 14.0 Å². The highest BCUT2D eigenvalue weighted by Crippen LogP contribution is 2.29. The van der Waals surface area contributed by atoms with Crippen molar-refractivity contribution >= 4 is 34.8 Å². The van der Waals surface area contributed by atoms with Crippen LogP contribution in [0.25, 0.3) is 27.9 Å². The monoisotopic (exact) mass is 438 g/mol. The molecule has 7 heteroatoms. The maximum absolute atomic E-state index is 13.5. The lowest BCUT2D eigenvalue weighted by molar-refractivity contribution is -0.142. The SMILES string of the molecule is CC(=O)OCc1nc2c(-c3ccc(Cl)cc3)cc(Cl)cn2c(=O)c1-c1ccccc1. The Morgan fingerprint density at radius 1 is 1.00 bits per heavy atom. The second-order valence-electron chi connectivity index (χ2n) is 6.66. The number of aromatic nitrogens is 2. The van der Waals surface area contributed by atoms with E-state index in [4.69, 9.17) is 32.9 Å². The van der Waals surface area contributed by atoms with E-state index in [0.29, 0.717) is 38.1 Å². The molecule has 0 aliphatic heterocycles. The lowest BCUT2D eigenvalue weighted by atomic mass is 10.0. The van der Waals surface area contributed by atoms with Crippen molar-refractivity contribution < 1.29 is 9.53 Å². The van der Waals surface area contributed by atoms with Crippen molar-refractivity contribution in [3.8, 4) is 22.3 Å². The zero-order valence-electron chi connectivity index (χ0n) is 15.9. The van der Waals surface area contributed by atoms with Crippen LogP contribution in [-0.2, 0) is 16.1 Å². The molecule has 0 atom stereocenters. The molecule has 0 fully saturated rings. The van der Waals surface area contributed by atoms with Crippen molar-refractivity contribution in [2.75, 3.05) is 0 Å². The molecule has 4 aromatic rings. The Balaban J connectivity index is 2.04. The molecular weight excluding hydrogens is 423 g/mol. The minimum atomic E-state index is -0.454. The second kappa shape index (κ2) is 8.30. The Hall–Kier alpha value is -3.15. The predicted molar refractivity (Wildman–Crippen MR) is 118 cm³/mol. The average Bonchev–Trinajstić information content (AvgIpc) is 2.73. The molecule has 0 radical (unpaired) electrons. The normalized spacial score (nSPS) is 10.9. The number of halogens is 2. The van der Waals surface area contributed by atoms with Gasteiger partial charge in [-0.05, 0) is 29.3 Å². The van der Waals surface area contributed by atoms with Crippen LogP contribution in [0.5, 0.6) is 0 Å². The van der Waals surface area contributed by atoms with Crippen LogP contribution >= 0.6 is 23.2 Å².